The highest BCUT2D eigenvalue weighted by atomic mass is 32.1. The molecule has 0 aliphatic heterocycles. The molecule has 2 heterocycles. The van der Waals surface area contributed by atoms with E-state index in [9.17, 15) is 4.79 Å². The molecular formula is C12H12O2S2. The van der Waals surface area contributed by atoms with Crippen molar-refractivity contribution < 1.29 is 9.53 Å². The second-order valence-corrected chi connectivity index (χ2v) is 6.64. The third-order valence-electron chi connectivity index (χ3n) is 3.13. The van der Waals surface area contributed by atoms with Gasteiger partial charge in [0.2, 0.25) is 0 Å². The summed E-state index contributed by atoms with van der Waals surface area (Å²) in [6.07, 6.45) is 1.87. The molecule has 0 unspecified atom stereocenters. The highest BCUT2D eigenvalue weighted by Crippen LogP contribution is 2.53. The number of ether oxygens (including phenoxy) is 1. The maximum atomic E-state index is 11.7. The standard InChI is InChI=1S/C12H12O2S2/c1-7-5-8-9(15-7)6-10(16-8)12(3-4-12)11(13)14-2/h5-6H,3-4H2,1-2H3. The molecule has 2 nitrogen and oxygen atoms in total. The van der Waals surface area contributed by atoms with Crippen molar-refractivity contribution >= 4 is 38.0 Å². The fourth-order valence-electron chi connectivity index (χ4n) is 2.06. The summed E-state index contributed by atoms with van der Waals surface area (Å²) in [5.74, 6) is -0.0712. The highest BCUT2D eigenvalue weighted by molar-refractivity contribution is 7.27. The summed E-state index contributed by atoms with van der Waals surface area (Å²) in [7, 11) is 1.47. The van der Waals surface area contributed by atoms with Crippen molar-refractivity contribution in [2.75, 3.05) is 7.11 Å². The van der Waals surface area contributed by atoms with Crippen LogP contribution in [0.3, 0.4) is 0 Å². The lowest BCUT2D eigenvalue weighted by Gasteiger charge is -2.09. The van der Waals surface area contributed by atoms with Crippen LogP contribution < -0.4 is 0 Å². The van der Waals surface area contributed by atoms with E-state index in [1.54, 1.807) is 22.7 Å². The van der Waals surface area contributed by atoms with Crippen LogP contribution in [0.1, 0.15) is 22.6 Å². The molecular weight excluding hydrogens is 240 g/mol. The van der Waals surface area contributed by atoms with E-state index in [4.69, 9.17) is 4.74 Å². The fourth-order valence-corrected chi connectivity index (χ4v) is 4.61. The zero-order valence-electron chi connectivity index (χ0n) is 9.20. The van der Waals surface area contributed by atoms with Crippen LogP contribution in [-0.4, -0.2) is 13.1 Å². The van der Waals surface area contributed by atoms with Crippen LogP contribution in [0.25, 0.3) is 9.40 Å². The van der Waals surface area contributed by atoms with Crippen molar-refractivity contribution in [2.24, 2.45) is 0 Å². The van der Waals surface area contributed by atoms with Crippen molar-refractivity contribution in [3.05, 3.63) is 21.9 Å². The van der Waals surface area contributed by atoms with E-state index < -0.39 is 0 Å². The van der Waals surface area contributed by atoms with Gasteiger partial charge in [-0.15, -0.1) is 22.7 Å². The SMILES string of the molecule is COC(=O)C1(c2cc3sc(C)cc3s2)CC1. The molecule has 0 N–H and O–H groups in total. The van der Waals surface area contributed by atoms with E-state index in [2.05, 4.69) is 19.1 Å². The van der Waals surface area contributed by atoms with Gasteiger partial charge in [-0.2, -0.15) is 0 Å². The molecule has 1 fully saturated rings. The predicted octanol–water partition coefficient (Wildman–Crippen LogP) is 3.48. The molecule has 2 aromatic heterocycles. The Morgan fingerprint density at radius 2 is 2.00 bits per heavy atom. The summed E-state index contributed by atoms with van der Waals surface area (Å²) in [4.78, 5) is 14.3. The Balaban J connectivity index is 2.06. The molecule has 0 spiro atoms. The monoisotopic (exact) mass is 252 g/mol. The van der Waals surface area contributed by atoms with Crippen LogP contribution in [-0.2, 0) is 14.9 Å². The van der Waals surface area contributed by atoms with Crippen LogP contribution in [0, 0.1) is 6.92 Å². The molecule has 84 valence electrons. The first kappa shape index (κ1) is 10.3. The van der Waals surface area contributed by atoms with Crippen LogP contribution in [0.4, 0.5) is 0 Å². The van der Waals surface area contributed by atoms with Crippen LogP contribution >= 0.6 is 22.7 Å². The summed E-state index contributed by atoms with van der Waals surface area (Å²) >= 11 is 3.54. The molecule has 1 saturated carbocycles. The lowest BCUT2D eigenvalue weighted by molar-refractivity contribution is -0.143. The average Bonchev–Trinajstić information content (AvgIpc) is 2.87. The predicted molar refractivity (Wildman–Crippen MR) is 67.4 cm³/mol. The minimum Gasteiger partial charge on any atom is -0.468 e. The van der Waals surface area contributed by atoms with Gasteiger partial charge in [-0.05, 0) is 31.9 Å². The van der Waals surface area contributed by atoms with E-state index in [-0.39, 0.29) is 11.4 Å². The first-order valence-electron chi connectivity index (χ1n) is 5.24. The second kappa shape index (κ2) is 3.31. The number of hydrogen-bond acceptors (Lipinski definition) is 4. The van der Waals surface area contributed by atoms with Crippen molar-refractivity contribution in [3.63, 3.8) is 0 Å². The van der Waals surface area contributed by atoms with E-state index in [1.165, 1.54) is 26.3 Å². The van der Waals surface area contributed by atoms with Gasteiger partial charge in [-0.1, -0.05) is 0 Å². The quantitative estimate of drug-likeness (QED) is 0.765. The van der Waals surface area contributed by atoms with Gasteiger partial charge in [0, 0.05) is 19.2 Å². The number of thiophene rings is 2. The topological polar surface area (TPSA) is 26.3 Å². The fraction of sp³-hybridized carbons (Fsp3) is 0.417. The second-order valence-electron chi connectivity index (χ2n) is 4.27. The molecule has 0 atom stereocenters. The minimum absolute atomic E-state index is 0.0712. The molecule has 1 aliphatic carbocycles. The minimum atomic E-state index is -0.300. The van der Waals surface area contributed by atoms with Gasteiger partial charge in [0.1, 0.15) is 5.41 Å². The normalized spacial score (nSPS) is 17.6. The maximum Gasteiger partial charge on any atom is 0.317 e. The Hall–Kier alpha value is -0.870. The molecule has 0 amide bonds. The smallest absolute Gasteiger partial charge is 0.317 e. The van der Waals surface area contributed by atoms with Crippen molar-refractivity contribution in [3.8, 4) is 0 Å². The van der Waals surface area contributed by atoms with E-state index in [0.29, 0.717) is 0 Å². The molecule has 1 aliphatic rings. The molecule has 0 bridgehead atoms. The number of hydrogen-bond donors (Lipinski definition) is 0. The molecule has 0 saturated heterocycles. The lowest BCUT2D eigenvalue weighted by Crippen LogP contribution is -2.20. The van der Waals surface area contributed by atoms with Gasteiger partial charge in [0.25, 0.3) is 0 Å². The number of aryl methyl sites for hydroxylation is 1. The summed E-state index contributed by atoms with van der Waals surface area (Å²) in [5, 5.41) is 0. The molecule has 4 heteroatoms. The van der Waals surface area contributed by atoms with Crippen molar-refractivity contribution in [1.29, 1.82) is 0 Å². The van der Waals surface area contributed by atoms with Gasteiger partial charge >= 0.3 is 5.97 Å². The zero-order valence-corrected chi connectivity index (χ0v) is 10.8. The van der Waals surface area contributed by atoms with Gasteiger partial charge < -0.3 is 4.74 Å². The zero-order chi connectivity index (χ0) is 11.3. The summed E-state index contributed by atoms with van der Waals surface area (Å²) in [6.45, 7) is 2.12. The third kappa shape index (κ3) is 1.33. The first-order valence-corrected chi connectivity index (χ1v) is 6.88. The van der Waals surface area contributed by atoms with Gasteiger partial charge in [0.15, 0.2) is 0 Å². The van der Waals surface area contributed by atoms with Gasteiger partial charge in [-0.3, -0.25) is 4.79 Å². The molecule has 16 heavy (non-hydrogen) atoms. The number of fused-ring (bicyclic) bond motifs is 1. The largest absolute Gasteiger partial charge is 0.468 e. The van der Waals surface area contributed by atoms with Crippen molar-refractivity contribution in [2.45, 2.75) is 25.2 Å². The molecule has 0 aromatic carbocycles. The number of methoxy groups -OCH3 is 1. The molecule has 0 radical (unpaired) electrons. The molecule has 3 rings (SSSR count). The Bertz CT molecular complexity index is 529. The van der Waals surface area contributed by atoms with Crippen LogP contribution in [0.2, 0.25) is 0 Å². The number of carbonyl (C=O) groups excluding carboxylic acids is 1. The van der Waals surface area contributed by atoms with E-state index in [1.807, 2.05) is 0 Å². The Morgan fingerprint density at radius 1 is 1.31 bits per heavy atom. The summed E-state index contributed by atoms with van der Waals surface area (Å²) in [6, 6.07) is 4.36. The number of esters is 1. The number of rotatable bonds is 2. The Labute approximate surface area is 102 Å². The van der Waals surface area contributed by atoms with Crippen LogP contribution in [0.15, 0.2) is 12.1 Å². The first-order chi connectivity index (χ1) is 7.65. The Kier molecular flexibility index (Phi) is 2.13. The highest BCUT2D eigenvalue weighted by Gasteiger charge is 2.53. The molecule has 2 aromatic rings. The van der Waals surface area contributed by atoms with E-state index in [0.717, 1.165) is 12.8 Å². The number of carbonyl (C=O) groups is 1. The lowest BCUT2D eigenvalue weighted by atomic mass is 10.1. The maximum absolute atomic E-state index is 11.7. The van der Waals surface area contributed by atoms with E-state index >= 15 is 0 Å². The Morgan fingerprint density at radius 3 is 2.56 bits per heavy atom. The summed E-state index contributed by atoms with van der Waals surface area (Å²) in [5.41, 5.74) is -0.300. The van der Waals surface area contributed by atoms with Gasteiger partial charge in [0.05, 0.1) is 7.11 Å². The van der Waals surface area contributed by atoms with Crippen molar-refractivity contribution in [1.82, 2.24) is 0 Å². The summed E-state index contributed by atoms with van der Waals surface area (Å²) < 4.78 is 7.50. The third-order valence-corrected chi connectivity index (χ3v) is 5.54. The van der Waals surface area contributed by atoms with Gasteiger partial charge in [-0.25, -0.2) is 0 Å². The van der Waals surface area contributed by atoms with Crippen LogP contribution in [0.5, 0.6) is 0 Å². The average molecular weight is 252 g/mol.